The van der Waals surface area contributed by atoms with Crippen molar-refractivity contribution in [3.63, 3.8) is 0 Å². The van der Waals surface area contributed by atoms with E-state index in [-0.39, 0.29) is 18.5 Å². The summed E-state index contributed by atoms with van der Waals surface area (Å²) in [4.78, 5) is 28.5. The number of carbonyl (C=O) groups is 2. The van der Waals surface area contributed by atoms with E-state index in [2.05, 4.69) is 5.32 Å². The highest BCUT2D eigenvalue weighted by Gasteiger charge is 2.34. The molecule has 0 unspecified atom stereocenters. The van der Waals surface area contributed by atoms with Gasteiger partial charge in [-0.05, 0) is 63.8 Å². The molecular formula is C27H40N4O4S. The molecule has 0 aliphatic heterocycles. The third kappa shape index (κ3) is 7.30. The highest BCUT2D eigenvalue weighted by atomic mass is 32.2. The van der Waals surface area contributed by atoms with Crippen LogP contribution in [0.3, 0.4) is 0 Å². The van der Waals surface area contributed by atoms with Crippen molar-refractivity contribution in [3.05, 3.63) is 64.7 Å². The second-order valence-electron chi connectivity index (χ2n) is 9.68. The normalized spacial score (nSPS) is 12.5. The molecule has 1 N–H and O–H groups in total. The second kappa shape index (κ2) is 12.4. The summed E-state index contributed by atoms with van der Waals surface area (Å²) in [6.07, 6.45) is 0.389. The van der Waals surface area contributed by atoms with Crippen molar-refractivity contribution in [2.75, 3.05) is 24.9 Å². The molecule has 0 radical (unpaired) electrons. The molecule has 0 aliphatic carbocycles. The van der Waals surface area contributed by atoms with Gasteiger partial charge in [0.1, 0.15) is 12.6 Å². The standard InChI is InChI=1S/C27H40N4O4S/c1-9-24(27(33)28-19(2)3)30(17-23-12-10-11-20(4)15-23)26(32)18-31(36(34,35)29(7)8)25-16-21(5)13-14-22(25)6/h10-16,19,24H,9,17-18H2,1-8H3,(H,28,33)/t24-/m1/s1. The first-order chi connectivity index (χ1) is 16.8. The van der Waals surface area contributed by atoms with Gasteiger partial charge in [-0.2, -0.15) is 12.7 Å². The molecule has 2 amide bonds. The third-order valence-corrected chi connectivity index (χ3v) is 7.71. The van der Waals surface area contributed by atoms with E-state index in [0.29, 0.717) is 12.1 Å². The van der Waals surface area contributed by atoms with Crippen molar-refractivity contribution in [1.29, 1.82) is 0 Å². The smallest absolute Gasteiger partial charge is 0.304 e. The van der Waals surface area contributed by atoms with Crippen molar-refractivity contribution in [1.82, 2.24) is 14.5 Å². The topological polar surface area (TPSA) is 90.0 Å². The van der Waals surface area contributed by atoms with E-state index in [0.717, 1.165) is 30.9 Å². The molecule has 0 saturated carbocycles. The highest BCUT2D eigenvalue weighted by molar-refractivity contribution is 7.90. The van der Waals surface area contributed by atoms with Crippen molar-refractivity contribution in [2.45, 2.75) is 66.6 Å². The van der Waals surface area contributed by atoms with Gasteiger partial charge in [-0.3, -0.25) is 9.59 Å². The van der Waals surface area contributed by atoms with Crippen LogP contribution in [-0.2, 0) is 26.3 Å². The van der Waals surface area contributed by atoms with Crippen LogP contribution in [0.15, 0.2) is 42.5 Å². The minimum atomic E-state index is -3.99. The summed E-state index contributed by atoms with van der Waals surface area (Å²) >= 11 is 0. The number of carbonyl (C=O) groups excluding carboxylic acids is 2. The average molecular weight is 517 g/mol. The number of rotatable bonds is 11. The van der Waals surface area contributed by atoms with Crippen molar-refractivity contribution in [2.24, 2.45) is 0 Å². The quantitative estimate of drug-likeness (QED) is 0.495. The predicted octanol–water partition coefficient (Wildman–Crippen LogP) is 3.56. The Morgan fingerprint density at radius 2 is 1.61 bits per heavy atom. The molecule has 36 heavy (non-hydrogen) atoms. The first-order valence-electron chi connectivity index (χ1n) is 12.2. The summed E-state index contributed by atoms with van der Waals surface area (Å²) in [7, 11) is -1.12. The molecule has 0 spiro atoms. The first kappa shape index (κ1) is 29.3. The average Bonchev–Trinajstić information content (AvgIpc) is 2.78. The molecule has 2 rings (SSSR count). The lowest BCUT2D eigenvalue weighted by molar-refractivity contribution is -0.140. The monoisotopic (exact) mass is 516 g/mol. The van der Waals surface area contributed by atoms with Crippen LogP contribution in [0.2, 0.25) is 0 Å². The number of nitrogens with one attached hydrogen (secondary N) is 1. The maximum absolute atomic E-state index is 13.9. The van der Waals surface area contributed by atoms with Crippen LogP contribution in [0.5, 0.6) is 0 Å². The molecular weight excluding hydrogens is 476 g/mol. The molecule has 1 atom stereocenters. The Labute approximate surface area is 216 Å². The fourth-order valence-electron chi connectivity index (χ4n) is 4.00. The molecule has 9 heteroatoms. The molecule has 0 saturated heterocycles. The molecule has 0 aromatic heterocycles. The number of nitrogens with zero attached hydrogens (tertiary/aromatic N) is 3. The van der Waals surface area contributed by atoms with Gasteiger partial charge in [-0.15, -0.1) is 0 Å². The van der Waals surface area contributed by atoms with E-state index in [1.807, 2.05) is 77.9 Å². The number of benzene rings is 2. The highest BCUT2D eigenvalue weighted by Crippen LogP contribution is 2.26. The Bertz CT molecular complexity index is 1180. The lowest BCUT2D eigenvalue weighted by Crippen LogP contribution is -2.54. The van der Waals surface area contributed by atoms with E-state index >= 15 is 0 Å². The predicted molar refractivity (Wildman–Crippen MR) is 145 cm³/mol. The number of hydrogen-bond donors (Lipinski definition) is 1. The minimum Gasteiger partial charge on any atom is -0.352 e. The van der Waals surface area contributed by atoms with Crippen LogP contribution in [-0.4, -0.2) is 62.2 Å². The van der Waals surface area contributed by atoms with Gasteiger partial charge in [0.2, 0.25) is 11.8 Å². The Kier molecular flexibility index (Phi) is 10.1. The van der Waals surface area contributed by atoms with E-state index in [1.54, 1.807) is 6.07 Å². The lowest BCUT2D eigenvalue weighted by Gasteiger charge is -2.34. The Hall–Kier alpha value is -2.91. The molecule has 0 fully saturated rings. The largest absolute Gasteiger partial charge is 0.352 e. The maximum atomic E-state index is 13.9. The molecule has 0 bridgehead atoms. The second-order valence-corrected chi connectivity index (χ2v) is 11.8. The summed E-state index contributed by atoms with van der Waals surface area (Å²) in [5, 5.41) is 2.90. The first-order valence-corrected chi connectivity index (χ1v) is 13.6. The number of anilines is 1. The summed E-state index contributed by atoms with van der Waals surface area (Å²) in [6, 6.07) is 12.4. The van der Waals surface area contributed by atoms with E-state index in [1.165, 1.54) is 19.0 Å². The summed E-state index contributed by atoms with van der Waals surface area (Å²) in [6.45, 7) is 11.0. The zero-order valence-corrected chi connectivity index (χ0v) is 23.5. The van der Waals surface area contributed by atoms with Crippen LogP contribution in [0, 0.1) is 20.8 Å². The summed E-state index contributed by atoms with van der Waals surface area (Å²) in [5.41, 5.74) is 3.95. The maximum Gasteiger partial charge on any atom is 0.304 e. The summed E-state index contributed by atoms with van der Waals surface area (Å²) < 4.78 is 29.0. The van der Waals surface area contributed by atoms with Gasteiger partial charge in [0, 0.05) is 26.7 Å². The van der Waals surface area contributed by atoms with Gasteiger partial charge in [-0.1, -0.05) is 48.9 Å². The van der Waals surface area contributed by atoms with E-state index in [4.69, 9.17) is 0 Å². The summed E-state index contributed by atoms with van der Waals surface area (Å²) in [5.74, 6) is -0.712. The van der Waals surface area contributed by atoms with Crippen molar-refractivity contribution in [3.8, 4) is 0 Å². The number of aryl methyl sites for hydroxylation is 3. The van der Waals surface area contributed by atoms with Gasteiger partial charge >= 0.3 is 10.2 Å². The van der Waals surface area contributed by atoms with Gasteiger partial charge < -0.3 is 10.2 Å². The van der Waals surface area contributed by atoms with Crippen LogP contribution in [0.4, 0.5) is 5.69 Å². The van der Waals surface area contributed by atoms with Crippen LogP contribution in [0.1, 0.15) is 49.4 Å². The molecule has 2 aromatic carbocycles. The Balaban J connectivity index is 2.56. The zero-order chi connectivity index (χ0) is 27.2. The van der Waals surface area contributed by atoms with Gasteiger partial charge in [0.15, 0.2) is 0 Å². The lowest BCUT2D eigenvalue weighted by atomic mass is 10.1. The van der Waals surface area contributed by atoms with Crippen LogP contribution >= 0.6 is 0 Å². The molecule has 2 aromatic rings. The molecule has 0 heterocycles. The van der Waals surface area contributed by atoms with E-state index in [9.17, 15) is 18.0 Å². The van der Waals surface area contributed by atoms with Gasteiger partial charge in [0.25, 0.3) is 0 Å². The minimum absolute atomic E-state index is 0.0944. The Morgan fingerprint density at radius 1 is 0.972 bits per heavy atom. The SMILES string of the molecule is CC[C@H](C(=O)NC(C)C)N(Cc1cccc(C)c1)C(=O)CN(c1cc(C)ccc1C)S(=O)(=O)N(C)C. The molecule has 198 valence electrons. The van der Waals surface area contributed by atoms with Crippen LogP contribution < -0.4 is 9.62 Å². The van der Waals surface area contributed by atoms with Crippen molar-refractivity contribution >= 4 is 27.7 Å². The van der Waals surface area contributed by atoms with Gasteiger partial charge in [0.05, 0.1) is 5.69 Å². The fraction of sp³-hybridized carbons (Fsp3) is 0.481. The van der Waals surface area contributed by atoms with Crippen molar-refractivity contribution < 1.29 is 18.0 Å². The number of hydrogen-bond acceptors (Lipinski definition) is 4. The van der Waals surface area contributed by atoms with Crippen LogP contribution in [0.25, 0.3) is 0 Å². The third-order valence-electron chi connectivity index (χ3n) is 5.90. The van der Waals surface area contributed by atoms with Gasteiger partial charge in [-0.25, -0.2) is 4.31 Å². The Morgan fingerprint density at radius 3 is 2.17 bits per heavy atom. The zero-order valence-electron chi connectivity index (χ0n) is 22.7. The fourth-order valence-corrected chi connectivity index (χ4v) is 5.11. The van der Waals surface area contributed by atoms with E-state index < -0.39 is 28.7 Å². The number of amides is 2. The molecule has 0 aliphatic rings. The molecule has 8 nitrogen and oxygen atoms in total.